The number of carboxylic acids is 1. The van der Waals surface area contributed by atoms with Gasteiger partial charge < -0.3 is 82.7 Å². The van der Waals surface area contributed by atoms with E-state index in [1.807, 2.05) is 60.7 Å². The predicted molar refractivity (Wildman–Crippen MR) is 295 cm³/mol. The molecule has 3 saturated heterocycles. The minimum atomic E-state index is -1.64. The normalized spacial score (nSPS) is 37.5. The number of anilines is 1. The maximum absolute atomic E-state index is 14.7. The fourth-order valence-corrected chi connectivity index (χ4v) is 12.6. The number of aliphatic hydroxyl groups excluding tert-OH is 1. The number of carboxylic acid groups (broad SMARTS) is 1. The molecule has 4 fully saturated rings. The van der Waals surface area contributed by atoms with E-state index >= 15 is 0 Å². The Balaban J connectivity index is 1.18. The summed E-state index contributed by atoms with van der Waals surface area (Å²) >= 11 is 6.63. The average Bonchev–Trinajstić information content (AvgIpc) is 4.25. The molecule has 22 heteroatoms. The van der Waals surface area contributed by atoms with Gasteiger partial charge in [-0.05, 0) is 120 Å². The highest BCUT2D eigenvalue weighted by Gasteiger charge is 2.54. The summed E-state index contributed by atoms with van der Waals surface area (Å²) < 4.78 is 58.6. The first kappa shape index (κ1) is 64.6. The highest BCUT2D eigenvalue weighted by atomic mass is 35.5. The number of aromatic carboxylic acids is 1. The van der Waals surface area contributed by atoms with E-state index in [4.69, 9.17) is 54.2 Å². The lowest BCUT2D eigenvalue weighted by molar-refractivity contribution is -0.318. The van der Waals surface area contributed by atoms with Gasteiger partial charge in [0.05, 0.1) is 71.8 Å². The van der Waals surface area contributed by atoms with Crippen LogP contribution >= 0.6 is 11.6 Å². The number of methoxy groups -OCH3 is 2. The Bertz CT molecular complexity index is 2460. The summed E-state index contributed by atoms with van der Waals surface area (Å²) in [4.78, 5) is 57.2. The zero-order chi connectivity index (χ0) is 58.6. The van der Waals surface area contributed by atoms with Crippen LogP contribution in [0.5, 0.6) is 0 Å². The zero-order valence-electron chi connectivity index (χ0n) is 49.1. The van der Waals surface area contributed by atoms with Crippen molar-refractivity contribution in [2.75, 3.05) is 67.0 Å². The number of nitrogens with one attached hydrogen (secondary N) is 1. The van der Waals surface area contributed by atoms with Gasteiger partial charge in [-0.1, -0.05) is 32.4 Å². The molecule has 6 rings (SSSR count). The fourth-order valence-electron chi connectivity index (χ4n) is 12.4. The summed E-state index contributed by atoms with van der Waals surface area (Å²) in [6.45, 7) is 18.9. The maximum Gasteiger partial charge on any atom is 0.341 e. The molecular weight excluding hydrogens is 1050 g/mol. The number of hydrogen-bond acceptors (Lipinski definition) is 19. The van der Waals surface area contributed by atoms with Crippen LogP contribution in [0.4, 0.5) is 5.69 Å². The molecule has 4 aliphatic rings. The van der Waals surface area contributed by atoms with Crippen LogP contribution in [0.25, 0.3) is 10.9 Å². The van der Waals surface area contributed by atoms with Crippen LogP contribution in [0, 0.1) is 17.8 Å². The number of likely N-dealkylation sites (N-methyl/N-ethyl adjacent to an activating group) is 2. The second-order valence-electron chi connectivity index (χ2n) is 23.8. The molecule has 1 aromatic carbocycles. The molecule has 18 atom stereocenters. The number of aromatic nitrogens is 1. The SMILES string of the molecule is CC[C@H]1OC(=O)[C@H](C)[C@@H](O[C@H]2C[C@@](C)(OC)[C@@H](OC(=O)CCOCCNc3cc4c(=O)c(C(=O)O)cn(C5CC5)c4cc3Cl)[C@H](C)O2)[C@H](C)[C@@H](O[C@@H]2O[C@H](C)C[C@H](N(C)C)[C@H]2O)[C@](C)(O)C[C@@H](C)CN(C)[C@H](C)[C@@H](OC)[C@]1(C)O. The number of pyridine rings is 1. The highest BCUT2D eigenvalue weighted by molar-refractivity contribution is 6.34. The van der Waals surface area contributed by atoms with Gasteiger partial charge in [-0.15, -0.1) is 0 Å². The number of hydrogen-bond donors (Lipinski definition) is 5. The topological polar surface area (TPSA) is 256 Å². The molecule has 79 heavy (non-hydrogen) atoms. The molecule has 1 saturated carbocycles. The van der Waals surface area contributed by atoms with Gasteiger partial charge >= 0.3 is 17.9 Å². The van der Waals surface area contributed by atoms with Crippen LogP contribution in [0.1, 0.15) is 131 Å². The number of nitrogens with zero attached hydrogens (tertiary/aromatic N) is 3. The quantitative estimate of drug-likeness (QED) is 0.0896. The number of carbonyl (C=O) groups excluding carboxylic acids is 2. The monoisotopic (exact) mass is 1140 g/mol. The molecule has 4 heterocycles. The van der Waals surface area contributed by atoms with Gasteiger partial charge in [0.1, 0.15) is 35.1 Å². The Morgan fingerprint density at radius 2 is 1.63 bits per heavy atom. The second-order valence-corrected chi connectivity index (χ2v) is 24.2. The lowest BCUT2D eigenvalue weighted by Crippen LogP contribution is -2.61. The predicted octanol–water partition coefficient (Wildman–Crippen LogP) is 5.63. The van der Waals surface area contributed by atoms with Gasteiger partial charge in [0, 0.05) is 69.4 Å². The van der Waals surface area contributed by atoms with Gasteiger partial charge in [-0.2, -0.15) is 0 Å². The molecule has 0 bridgehead atoms. The van der Waals surface area contributed by atoms with Crippen LogP contribution in [-0.4, -0.2) is 205 Å². The number of fused-ring (bicyclic) bond motifs is 1. The third kappa shape index (κ3) is 15.0. The Labute approximate surface area is 470 Å². The molecule has 21 nitrogen and oxygen atoms in total. The van der Waals surface area contributed by atoms with Crippen LogP contribution in [0.3, 0.4) is 0 Å². The Kier molecular flexibility index (Phi) is 21.9. The van der Waals surface area contributed by atoms with E-state index in [0.29, 0.717) is 29.2 Å². The molecule has 3 aliphatic heterocycles. The summed E-state index contributed by atoms with van der Waals surface area (Å²) in [5.74, 6) is -4.62. The number of ether oxygens (including phenoxy) is 9. The van der Waals surface area contributed by atoms with Gasteiger partial charge in [-0.25, -0.2) is 4.79 Å². The van der Waals surface area contributed by atoms with Crippen molar-refractivity contribution in [1.29, 1.82) is 0 Å². The molecule has 0 amide bonds. The minimum Gasteiger partial charge on any atom is -0.477 e. The Hall–Kier alpha value is -3.55. The number of esters is 2. The number of aliphatic hydroxyl groups is 3. The lowest BCUT2D eigenvalue weighted by Gasteiger charge is -2.49. The van der Waals surface area contributed by atoms with Crippen molar-refractivity contribution in [2.24, 2.45) is 17.8 Å². The van der Waals surface area contributed by atoms with Gasteiger partial charge in [0.2, 0.25) is 5.43 Å². The van der Waals surface area contributed by atoms with E-state index in [2.05, 4.69) is 10.2 Å². The van der Waals surface area contributed by atoms with Gasteiger partial charge in [-0.3, -0.25) is 14.4 Å². The number of benzene rings is 1. The Morgan fingerprint density at radius 1 is 0.949 bits per heavy atom. The van der Waals surface area contributed by atoms with E-state index in [0.717, 1.165) is 12.8 Å². The maximum atomic E-state index is 14.7. The van der Waals surface area contributed by atoms with E-state index in [1.54, 1.807) is 51.3 Å². The van der Waals surface area contributed by atoms with E-state index in [1.165, 1.54) is 20.4 Å². The van der Waals surface area contributed by atoms with Crippen LogP contribution in [0.2, 0.25) is 5.02 Å². The molecule has 1 aromatic heterocycles. The summed E-state index contributed by atoms with van der Waals surface area (Å²) in [6, 6.07) is 2.64. The Morgan fingerprint density at radius 3 is 2.24 bits per heavy atom. The molecular formula is C57H91ClN4O17. The summed E-state index contributed by atoms with van der Waals surface area (Å²) in [5, 5.41) is 50.3. The fraction of sp³-hybridized carbons (Fsp3) is 0.789. The molecule has 0 spiro atoms. The number of rotatable bonds is 18. The van der Waals surface area contributed by atoms with Crippen molar-refractivity contribution in [3.05, 3.63) is 39.1 Å². The highest BCUT2D eigenvalue weighted by Crippen LogP contribution is 2.42. The molecule has 1 aliphatic carbocycles. The smallest absolute Gasteiger partial charge is 0.341 e. The summed E-state index contributed by atoms with van der Waals surface area (Å²) in [6.07, 6.45) is -5.32. The summed E-state index contributed by atoms with van der Waals surface area (Å²) in [5.41, 5.74) is -4.35. The molecule has 2 aromatic rings. The molecule has 0 radical (unpaired) electrons. The van der Waals surface area contributed by atoms with Gasteiger partial charge in [0.25, 0.3) is 0 Å². The number of carbonyl (C=O) groups is 3. The molecule has 448 valence electrons. The average molecular weight is 1140 g/mol. The summed E-state index contributed by atoms with van der Waals surface area (Å²) in [7, 11) is 8.69. The van der Waals surface area contributed by atoms with Crippen molar-refractivity contribution in [3.63, 3.8) is 0 Å². The molecule has 0 unspecified atom stereocenters. The third-order valence-corrected chi connectivity index (χ3v) is 17.3. The molecule has 5 N–H and O–H groups in total. The third-order valence-electron chi connectivity index (χ3n) is 16.9. The number of halogens is 1. The van der Waals surface area contributed by atoms with Crippen molar-refractivity contribution in [1.82, 2.24) is 14.4 Å². The number of cyclic esters (lactones) is 1. The van der Waals surface area contributed by atoms with E-state index in [-0.39, 0.29) is 86.5 Å². The van der Waals surface area contributed by atoms with Crippen LogP contribution < -0.4 is 10.7 Å². The standard InChI is InChI=1S/C57H91ClN4O17/c1-16-43-57(10,70)50(71-14)34(6)61(13)28-30(2)26-55(8,69)49(79-54-47(65)42(60(11)12)23-31(3)74-54)32(4)48(33(5)53(68)76-43)78-45-27-56(9,72-15)51(35(7)75-45)77-44(63)19-21-73-22-20-59-40-24-37-41(25-39(40)58)62(36-17-18-36)29-38(46(37)64)52(66)67/h24-25,29-36,42-43,45,47-51,54,59,65,69-70H,16-23,26-28H2,1-15H3,(H,66,67)/t30-,31-,32+,33-,34-,35+,42+,43-,45+,47-,48+,49-,50-,51+,54+,55-,56-,57-/m1/s1. The van der Waals surface area contributed by atoms with Crippen molar-refractivity contribution >= 4 is 46.1 Å². The van der Waals surface area contributed by atoms with Crippen molar-refractivity contribution in [2.45, 2.75) is 211 Å². The van der Waals surface area contributed by atoms with Crippen LogP contribution in [-0.2, 0) is 52.2 Å². The van der Waals surface area contributed by atoms with Gasteiger partial charge in [0.15, 0.2) is 18.7 Å². The van der Waals surface area contributed by atoms with E-state index in [9.17, 15) is 39.6 Å². The first-order chi connectivity index (χ1) is 37.0. The first-order valence-corrected chi connectivity index (χ1v) is 28.4. The van der Waals surface area contributed by atoms with Crippen molar-refractivity contribution < 1.29 is 77.4 Å². The van der Waals surface area contributed by atoms with Crippen molar-refractivity contribution in [3.8, 4) is 0 Å². The second kappa shape index (κ2) is 26.8. The first-order valence-electron chi connectivity index (χ1n) is 28.0. The van der Waals surface area contributed by atoms with Crippen LogP contribution in [0.15, 0.2) is 23.1 Å². The minimum absolute atomic E-state index is 0.00455. The largest absolute Gasteiger partial charge is 0.477 e. The van der Waals surface area contributed by atoms with E-state index < -0.39 is 107 Å². The zero-order valence-corrected chi connectivity index (χ0v) is 49.8. The lowest BCUT2D eigenvalue weighted by atomic mass is 9.77.